The summed E-state index contributed by atoms with van der Waals surface area (Å²) in [4.78, 5) is 25.4. The minimum absolute atomic E-state index is 0.0548. The first-order valence-corrected chi connectivity index (χ1v) is 9.23. The number of benzene rings is 1. The van der Waals surface area contributed by atoms with Gasteiger partial charge in [0, 0.05) is 19.0 Å². The fourth-order valence-corrected chi connectivity index (χ4v) is 3.27. The van der Waals surface area contributed by atoms with Crippen LogP contribution in [0.4, 0.5) is 0 Å². The summed E-state index contributed by atoms with van der Waals surface area (Å²) in [6.45, 7) is 1.91. The molecule has 0 spiro atoms. The van der Waals surface area contributed by atoms with Gasteiger partial charge in [0.15, 0.2) is 10.6 Å². The molecule has 6 nitrogen and oxygen atoms in total. The third-order valence-corrected chi connectivity index (χ3v) is 5.03. The largest absolute Gasteiger partial charge is 0.454 e. The number of carbonyl (C=O) groups excluding carboxylic acids is 2. The number of aromatic nitrogens is 1. The van der Waals surface area contributed by atoms with Crippen LogP contribution in [0.1, 0.15) is 12.0 Å². The maximum atomic E-state index is 12.1. The van der Waals surface area contributed by atoms with E-state index in [1.165, 1.54) is 16.2 Å². The van der Waals surface area contributed by atoms with E-state index >= 15 is 0 Å². The van der Waals surface area contributed by atoms with Gasteiger partial charge in [0.05, 0.1) is 18.2 Å². The molecule has 1 amide bonds. The zero-order chi connectivity index (χ0) is 19.1. The number of amides is 1. The number of ether oxygens (including phenoxy) is 1. The van der Waals surface area contributed by atoms with Crippen molar-refractivity contribution in [2.24, 2.45) is 0 Å². The molecule has 0 fully saturated rings. The summed E-state index contributed by atoms with van der Waals surface area (Å²) in [6.07, 6.45) is 0.236. The van der Waals surface area contributed by atoms with Crippen molar-refractivity contribution < 1.29 is 14.3 Å². The molecule has 1 aromatic carbocycles. The number of nitrogens with zero attached hydrogens (tertiary/aromatic N) is 3. The number of thiazole rings is 1. The highest BCUT2D eigenvalue weighted by atomic mass is 32.1. The minimum atomic E-state index is -0.533. The second-order valence-corrected chi connectivity index (χ2v) is 7.23. The van der Waals surface area contributed by atoms with Gasteiger partial charge in [-0.2, -0.15) is 5.26 Å². The van der Waals surface area contributed by atoms with Gasteiger partial charge >= 0.3 is 5.97 Å². The minimum Gasteiger partial charge on any atom is -0.454 e. The smallest absolute Gasteiger partial charge is 0.326 e. The van der Waals surface area contributed by atoms with E-state index in [2.05, 4.69) is 0 Å². The van der Waals surface area contributed by atoms with Crippen molar-refractivity contribution in [2.75, 3.05) is 20.2 Å². The molecule has 0 aliphatic carbocycles. The maximum Gasteiger partial charge on any atom is 0.326 e. The van der Waals surface area contributed by atoms with Gasteiger partial charge in [0.2, 0.25) is 0 Å². The van der Waals surface area contributed by atoms with E-state index in [-0.39, 0.29) is 25.5 Å². The number of hydrogen-bond acceptors (Lipinski definition) is 6. The van der Waals surface area contributed by atoms with Crippen molar-refractivity contribution in [3.8, 4) is 17.3 Å². The Bertz CT molecular complexity index is 878. The Balaban J connectivity index is 2.01. The number of nitriles is 1. The molecule has 26 heavy (non-hydrogen) atoms. The Hall–Kier alpha value is -2.50. The molecule has 0 saturated carbocycles. The van der Waals surface area contributed by atoms with Crippen LogP contribution in [0.15, 0.2) is 29.6 Å². The normalized spacial score (nSPS) is 10.2. The van der Waals surface area contributed by atoms with E-state index in [4.69, 9.17) is 22.2 Å². The summed E-state index contributed by atoms with van der Waals surface area (Å²) in [5.74, 6) is -0.879. The standard InChI is InChI=1S/C18H19N3O3S2/c1-13-4-6-14(7-5-13)15-12-26-18(25)21(15)10-17(23)24-11-16(22)20(2)9-3-8-19/h4-7,12H,3,9-11H2,1-2H3. The van der Waals surface area contributed by atoms with Gasteiger partial charge in [-0.25, -0.2) is 0 Å². The highest BCUT2D eigenvalue weighted by Gasteiger charge is 2.15. The highest BCUT2D eigenvalue weighted by molar-refractivity contribution is 7.73. The lowest BCUT2D eigenvalue weighted by Crippen LogP contribution is -2.32. The Morgan fingerprint density at radius 3 is 2.69 bits per heavy atom. The fourth-order valence-electron chi connectivity index (χ4n) is 2.20. The first-order valence-electron chi connectivity index (χ1n) is 7.94. The summed E-state index contributed by atoms with van der Waals surface area (Å²) in [5, 5.41) is 10.4. The number of esters is 1. The van der Waals surface area contributed by atoms with E-state index in [0.717, 1.165) is 16.8 Å². The molecule has 2 rings (SSSR count). The summed E-state index contributed by atoms with van der Waals surface area (Å²) in [7, 11) is 1.57. The zero-order valence-electron chi connectivity index (χ0n) is 14.6. The summed E-state index contributed by atoms with van der Waals surface area (Å²) >= 11 is 6.68. The van der Waals surface area contributed by atoms with Crippen LogP contribution in [-0.4, -0.2) is 41.5 Å². The van der Waals surface area contributed by atoms with Gasteiger partial charge in [-0.1, -0.05) is 29.8 Å². The Morgan fingerprint density at radius 2 is 2.04 bits per heavy atom. The SMILES string of the molecule is Cc1ccc(-c2csc(=S)n2CC(=O)OCC(=O)N(C)CCC#N)cc1. The van der Waals surface area contributed by atoms with Gasteiger partial charge in [0.1, 0.15) is 6.54 Å². The van der Waals surface area contributed by atoms with Crippen LogP contribution >= 0.6 is 23.6 Å². The number of likely N-dealkylation sites (N-methyl/N-ethyl adjacent to an activating group) is 1. The maximum absolute atomic E-state index is 12.1. The van der Waals surface area contributed by atoms with Crippen LogP contribution in [-0.2, 0) is 20.9 Å². The third kappa shape index (κ3) is 5.25. The molecule has 8 heteroatoms. The van der Waals surface area contributed by atoms with Gasteiger partial charge < -0.3 is 14.2 Å². The van der Waals surface area contributed by atoms with Crippen LogP contribution in [0.3, 0.4) is 0 Å². The first-order chi connectivity index (χ1) is 12.4. The Kier molecular flexibility index (Phi) is 7.06. The van der Waals surface area contributed by atoms with Crippen molar-refractivity contribution in [1.82, 2.24) is 9.47 Å². The average molecular weight is 390 g/mol. The lowest BCUT2D eigenvalue weighted by Gasteiger charge is -2.15. The molecular weight excluding hydrogens is 370 g/mol. The molecule has 1 heterocycles. The first kappa shape index (κ1) is 19.8. The van der Waals surface area contributed by atoms with Crippen molar-refractivity contribution in [1.29, 1.82) is 5.26 Å². The molecule has 0 bridgehead atoms. The lowest BCUT2D eigenvalue weighted by atomic mass is 10.1. The number of aryl methyl sites for hydroxylation is 1. The van der Waals surface area contributed by atoms with Crippen molar-refractivity contribution in [3.05, 3.63) is 39.2 Å². The molecule has 0 aliphatic rings. The average Bonchev–Trinajstić information content (AvgIpc) is 2.98. The van der Waals surface area contributed by atoms with E-state index in [0.29, 0.717) is 10.5 Å². The van der Waals surface area contributed by atoms with Gasteiger partial charge in [-0.3, -0.25) is 9.59 Å². The van der Waals surface area contributed by atoms with Crippen molar-refractivity contribution >= 4 is 35.4 Å². The predicted octanol–water partition coefficient (Wildman–Crippen LogP) is 3.17. The number of rotatable bonds is 7. The summed E-state index contributed by atoms with van der Waals surface area (Å²) in [5.41, 5.74) is 2.95. The molecule has 2 aromatic rings. The monoisotopic (exact) mass is 389 g/mol. The molecule has 0 unspecified atom stereocenters. The quantitative estimate of drug-likeness (QED) is 0.537. The van der Waals surface area contributed by atoms with E-state index < -0.39 is 5.97 Å². The van der Waals surface area contributed by atoms with Crippen LogP contribution in [0.2, 0.25) is 0 Å². The van der Waals surface area contributed by atoms with Crippen LogP contribution in [0.25, 0.3) is 11.3 Å². The van der Waals surface area contributed by atoms with E-state index in [1.54, 1.807) is 11.6 Å². The second-order valence-electron chi connectivity index (χ2n) is 5.72. The zero-order valence-corrected chi connectivity index (χ0v) is 16.2. The molecule has 0 radical (unpaired) electrons. The van der Waals surface area contributed by atoms with Gasteiger partial charge in [-0.05, 0) is 24.7 Å². The van der Waals surface area contributed by atoms with Crippen LogP contribution in [0.5, 0.6) is 0 Å². The predicted molar refractivity (Wildman–Crippen MR) is 102 cm³/mol. The Labute approximate surface area is 161 Å². The lowest BCUT2D eigenvalue weighted by molar-refractivity contribution is -0.152. The fraction of sp³-hybridized carbons (Fsp3) is 0.333. The third-order valence-electron chi connectivity index (χ3n) is 3.76. The van der Waals surface area contributed by atoms with Gasteiger partial charge in [0.25, 0.3) is 5.91 Å². The van der Waals surface area contributed by atoms with Crippen LogP contribution in [0, 0.1) is 22.2 Å². The molecule has 136 valence electrons. The molecule has 1 aromatic heterocycles. The van der Waals surface area contributed by atoms with E-state index in [1.807, 2.05) is 42.6 Å². The van der Waals surface area contributed by atoms with Gasteiger partial charge in [-0.15, -0.1) is 11.3 Å². The van der Waals surface area contributed by atoms with Crippen molar-refractivity contribution in [2.45, 2.75) is 19.9 Å². The second kappa shape index (κ2) is 9.27. The number of hydrogen-bond donors (Lipinski definition) is 0. The Morgan fingerprint density at radius 1 is 1.35 bits per heavy atom. The summed E-state index contributed by atoms with van der Waals surface area (Å²) < 4.78 is 7.34. The molecule has 0 saturated heterocycles. The highest BCUT2D eigenvalue weighted by Crippen LogP contribution is 2.24. The molecule has 0 atom stereocenters. The van der Waals surface area contributed by atoms with Crippen molar-refractivity contribution in [3.63, 3.8) is 0 Å². The van der Waals surface area contributed by atoms with E-state index in [9.17, 15) is 9.59 Å². The van der Waals surface area contributed by atoms with Crippen LogP contribution < -0.4 is 0 Å². The summed E-state index contributed by atoms with van der Waals surface area (Å²) in [6, 6.07) is 9.90. The number of carbonyl (C=O) groups is 2. The molecule has 0 aliphatic heterocycles. The topological polar surface area (TPSA) is 75.3 Å². The molecule has 0 N–H and O–H groups in total. The molecular formula is C18H19N3O3S2.